The largest absolute Gasteiger partial charge is 0.416 e. The molecule has 24 heavy (non-hydrogen) atoms. The minimum atomic E-state index is -4.90. The van der Waals surface area contributed by atoms with Gasteiger partial charge in [-0.3, -0.25) is 4.79 Å². The topological polar surface area (TPSA) is 41.1 Å². The van der Waals surface area contributed by atoms with Crippen LogP contribution in [0.3, 0.4) is 0 Å². The molecule has 1 aromatic carbocycles. The molecule has 0 unspecified atom stereocenters. The van der Waals surface area contributed by atoms with Crippen molar-refractivity contribution in [2.75, 3.05) is 6.54 Å². The second-order valence-electron chi connectivity index (χ2n) is 5.93. The Labute approximate surface area is 134 Å². The van der Waals surface area contributed by atoms with Crippen LogP contribution in [0.4, 0.5) is 26.3 Å². The molecule has 2 N–H and O–H groups in total. The summed E-state index contributed by atoms with van der Waals surface area (Å²) in [6.45, 7) is 2.17. The van der Waals surface area contributed by atoms with E-state index in [0.717, 1.165) is 0 Å². The normalized spacial score (nSPS) is 21.8. The molecule has 1 aliphatic heterocycles. The Morgan fingerprint density at radius 1 is 1.12 bits per heavy atom. The number of rotatable bonds is 3. The van der Waals surface area contributed by atoms with Gasteiger partial charge < -0.3 is 10.6 Å². The monoisotopic (exact) mass is 354 g/mol. The number of hydrogen-bond donors (Lipinski definition) is 2. The van der Waals surface area contributed by atoms with E-state index in [4.69, 9.17) is 0 Å². The van der Waals surface area contributed by atoms with Crippen molar-refractivity contribution in [1.82, 2.24) is 10.6 Å². The van der Waals surface area contributed by atoms with E-state index in [1.165, 1.54) is 0 Å². The maximum absolute atomic E-state index is 12.8. The number of hydrogen-bond acceptors (Lipinski definition) is 2. The number of nitrogens with one attached hydrogen (secondary N) is 2. The van der Waals surface area contributed by atoms with Crippen molar-refractivity contribution < 1.29 is 31.1 Å². The van der Waals surface area contributed by atoms with Crippen LogP contribution in [0.5, 0.6) is 0 Å². The van der Waals surface area contributed by atoms with Gasteiger partial charge in [0.1, 0.15) is 0 Å². The number of alkyl halides is 6. The van der Waals surface area contributed by atoms with Crippen LogP contribution in [-0.4, -0.2) is 18.5 Å². The second kappa shape index (κ2) is 6.62. The van der Waals surface area contributed by atoms with Crippen LogP contribution >= 0.6 is 0 Å². The minimum Gasteiger partial charge on any atom is -0.351 e. The fourth-order valence-corrected chi connectivity index (χ4v) is 2.55. The molecule has 0 spiro atoms. The molecule has 0 aromatic heterocycles. The molecule has 9 heteroatoms. The maximum atomic E-state index is 12.8. The van der Waals surface area contributed by atoms with Gasteiger partial charge in [0.25, 0.3) is 0 Å². The molecule has 1 saturated heterocycles. The first-order valence-corrected chi connectivity index (χ1v) is 7.26. The summed E-state index contributed by atoms with van der Waals surface area (Å²) in [6, 6.07) is 0.805. The number of carbonyl (C=O) groups excluding carboxylic acids is 1. The lowest BCUT2D eigenvalue weighted by Gasteiger charge is -2.15. The van der Waals surface area contributed by atoms with Gasteiger partial charge in [-0.2, -0.15) is 26.3 Å². The summed E-state index contributed by atoms with van der Waals surface area (Å²) in [5.74, 6) is -0.156. The summed E-state index contributed by atoms with van der Waals surface area (Å²) >= 11 is 0. The summed E-state index contributed by atoms with van der Waals surface area (Å²) in [4.78, 5) is 11.9. The van der Waals surface area contributed by atoms with E-state index in [1.807, 2.05) is 6.92 Å². The van der Waals surface area contributed by atoms with E-state index in [1.54, 1.807) is 0 Å². The highest BCUT2D eigenvalue weighted by Crippen LogP contribution is 2.36. The van der Waals surface area contributed by atoms with Gasteiger partial charge in [0.15, 0.2) is 0 Å². The lowest BCUT2D eigenvalue weighted by molar-refractivity contribution is -0.143. The number of amides is 1. The molecule has 1 aliphatic rings. The minimum absolute atomic E-state index is 0.0610. The van der Waals surface area contributed by atoms with Crippen molar-refractivity contribution in [3.63, 3.8) is 0 Å². The third-order valence-corrected chi connectivity index (χ3v) is 3.78. The standard InChI is InChI=1S/C15H16F6N2O/c1-8-2-12(22-6-8)13(24)23-7-9-3-10(14(16,17)18)5-11(4-9)15(19,20)21/h3-5,8,12,22H,2,6-7H2,1H3,(H,23,24)/t8-,12+/m0/s1. The van der Waals surface area contributed by atoms with Crippen LogP contribution < -0.4 is 10.6 Å². The lowest BCUT2D eigenvalue weighted by Crippen LogP contribution is -2.40. The summed E-state index contributed by atoms with van der Waals surface area (Å²) in [6.07, 6.45) is -9.23. The zero-order valence-electron chi connectivity index (χ0n) is 12.7. The Bertz CT molecular complexity index is 579. The van der Waals surface area contributed by atoms with Gasteiger partial charge in [0.2, 0.25) is 5.91 Å². The van der Waals surface area contributed by atoms with Gasteiger partial charge in [-0.15, -0.1) is 0 Å². The van der Waals surface area contributed by atoms with Gasteiger partial charge in [-0.1, -0.05) is 6.92 Å². The van der Waals surface area contributed by atoms with Crippen LogP contribution in [0.25, 0.3) is 0 Å². The van der Waals surface area contributed by atoms with E-state index >= 15 is 0 Å². The SMILES string of the molecule is C[C@@H]1CN[C@@H](C(=O)NCc2cc(C(F)(F)F)cc(C(F)(F)F)c2)C1. The summed E-state index contributed by atoms with van der Waals surface area (Å²) in [5.41, 5.74) is -3.04. The molecular formula is C15H16F6N2O. The van der Waals surface area contributed by atoms with Crippen molar-refractivity contribution in [3.8, 4) is 0 Å². The summed E-state index contributed by atoms with van der Waals surface area (Å²) in [5, 5.41) is 5.32. The Kier molecular flexibility index (Phi) is 5.12. The Morgan fingerprint density at radius 2 is 1.67 bits per heavy atom. The van der Waals surface area contributed by atoms with Gasteiger partial charge in [0.05, 0.1) is 17.2 Å². The van der Waals surface area contributed by atoms with Crippen LogP contribution in [0, 0.1) is 5.92 Å². The molecule has 134 valence electrons. The van der Waals surface area contributed by atoms with Crippen molar-refractivity contribution in [2.24, 2.45) is 5.92 Å². The van der Waals surface area contributed by atoms with Crippen molar-refractivity contribution >= 4 is 5.91 Å². The van der Waals surface area contributed by atoms with Gasteiger partial charge in [-0.05, 0) is 42.6 Å². The Morgan fingerprint density at radius 3 is 2.08 bits per heavy atom. The van der Waals surface area contributed by atoms with Crippen LogP contribution in [0.2, 0.25) is 0 Å². The van der Waals surface area contributed by atoms with E-state index < -0.39 is 42.0 Å². The van der Waals surface area contributed by atoms with E-state index in [2.05, 4.69) is 10.6 Å². The smallest absolute Gasteiger partial charge is 0.351 e. The predicted molar refractivity (Wildman–Crippen MR) is 73.9 cm³/mol. The lowest BCUT2D eigenvalue weighted by atomic mass is 10.0. The first kappa shape index (κ1) is 18.6. The molecule has 3 nitrogen and oxygen atoms in total. The zero-order valence-corrected chi connectivity index (χ0v) is 12.7. The van der Waals surface area contributed by atoms with Gasteiger partial charge in [-0.25, -0.2) is 0 Å². The van der Waals surface area contributed by atoms with Crippen LogP contribution in [0.15, 0.2) is 18.2 Å². The Hall–Kier alpha value is -1.77. The first-order valence-electron chi connectivity index (χ1n) is 7.26. The number of carbonyl (C=O) groups is 1. The third kappa shape index (κ3) is 4.62. The number of halogens is 6. The molecule has 0 aliphatic carbocycles. The molecular weight excluding hydrogens is 338 g/mol. The average molecular weight is 354 g/mol. The Balaban J connectivity index is 2.15. The van der Waals surface area contributed by atoms with Crippen molar-refractivity contribution in [1.29, 1.82) is 0 Å². The summed E-state index contributed by atoms with van der Waals surface area (Å²) in [7, 11) is 0. The fourth-order valence-electron chi connectivity index (χ4n) is 2.55. The van der Waals surface area contributed by atoms with E-state index in [9.17, 15) is 31.1 Å². The highest BCUT2D eigenvalue weighted by atomic mass is 19.4. The zero-order chi connectivity index (χ0) is 18.1. The average Bonchev–Trinajstić information content (AvgIpc) is 2.89. The second-order valence-corrected chi connectivity index (χ2v) is 5.93. The van der Waals surface area contributed by atoms with Gasteiger partial charge in [0, 0.05) is 6.54 Å². The highest BCUT2D eigenvalue weighted by molar-refractivity contribution is 5.82. The third-order valence-electron chi connectivity index (χ3n) is 3.78. The molecule has 1 heterocycles. The van der Waals surface area contributed by atoms with Crippen LogP contribution in [-0.2, 0) is 23.7 Å². The molecule has 1 aromatic rings. The maximum Gasteiger partial charge on any atom is 0.416 e. The van der Waals surface area contributed by atoms with Crippen molar-refractivity contribution in [2.45, 2.75) is 38.3 Å². The molecule has 2 atom stereocenters. The van der Waals surface area contributed by atoms with Crippen LogP contribution in [0.1, 0.15) is 30.0 Å². The molecule has 1 amide bonds. The van der Waals surface area contributed by atoms with Crippen molar-refractivity contribution in [3.05, 3.63) is 34.9 Å². The highest BCUT2D eigenvalue weighted by Gasteiger charge is 2.37. The predicted octanol–water partition coefficient (Wildman–Crippen LogP) is 3.34. The van der Waals surface area contributed by atoms with E-state index in [-0.39, 0.29) is 17.5 Å². The summed E-state index contributed by atoms with van der Waals surface area (Å²) < 4.78 is 76.6. The molecule has 0 saturated carbocycles. The number of benzene rings is 1. The molecule has 1 fully saturated rings. The molecule has 2 rings (SSSR count). The molecule has 0 radical (unpaired) electrons. The fraction of sp³-hybridized carbons (Fsp3) is 0.533. The first-order chi connectivity index (χ1) is 11.0. The van der Waals surface area contributed by atoms with Gasteiger partial charge >= 0.3 is 12.4 Å². The molecule has 0 bridgehead atoms. The quantitative estimate of drug-likeness (QED) is 0.818. The van der Waals surface area contributed by atoms with E-state index in [0.29, 0.717) is 25.1 Å².